The first-order valence-electron chi connectivity index (χ1n) is 6.64. The molecule has 2 rings (SSSR count). The van der Waals surface area contributed by atoms with Crippen LogP contribution in [0.4, 0.5) is 0 Å². The second-order valence-electron chi connectivity index (χ2n) is 5.03. The number of ether oxygens (including phenoxy) is 1. The summed E-state index contributed by atoms with van der Waals surface area (Å²) < 4.78 is 5.84. The highest BCUT2D eigenvalue weighted by Gasteiger charge is 2.24. The van der Waals surface area contributed by atoms with E-state index in [9.17, 15) is 0 Å². The van der Waals surface area contributed by atoms with Crippen LogP contribution >= 0.6 is 11.6 Å². The summed E-state index contributed by atoms with van der Waals surface area (Å²) in [6.07, 6.45) is 6.59. The van der Waals surface area contributed by atoms with E-state index in [0.29, 0.717) is 12.0 Å². The molecular weight excluding hydrogens is 232 g/mol. The van der Waals surface area contributed by atoms with Crippen molar-refractivity contribution in [3.8, 4) is 0 Å². The van der Waals surface area contributed by atoms with Gasteiger partial charge in [0.2, 0.25) is 0 Å². The summed E-state index contributed by atoms with van der Waals surface area (Å²) in [5.74, 6) is 0.676. The molecule has 1 saturated heterocycles. The first-order valence-corrected chi connectivity index (χ1v) is 7.01. The molecule has 1 aromatic carbocycles. The molecule has 0 bridgehead atoms. The summed E-state index contributed by atoms with van der Waals surface area (Å²) >= 11 is 6.00. The molecule has 1 aliphatic rings. The molecule has 0 spiro atoms. The largest absolute Gasteiger partial charge is 0.378 e. The number of benzene rings is 1. The molecule has 1 heterocycles. The van der Waals surface area contributed by atoms with Gasteiger partial charge in [0.1, 0.15) is 0 Å². The smallest absolute Gasteiger partial charge is 0.0578 e. The summed E-state index contributed by atoms with van der Waals surface area (Å²) in [5.41, 5.74) is 1.34. The van der Waals surface area contributed by atoms with Gasteiger partial charge in [-0.2, -0.15) is 0 Å². The fourth-order valence-corrected chi connectivity index (χ4v) is 2.77. The lowest BCUT2D eigenvalue weighted by atomic mass is 9.95. The predicted octanol–water partition coefficient (Wildman–Crippen LogP) is 4.48. The highest BCUT2D eigenvalue weighted by molar-refractivity contribution is 6.30. The van der Waals surface area contributed by atoms with E-state index in [-0.39, 0.29) is 0 Å². The number of halogens is 1. The van der Waals surface area contributed by atoms with Crippen molar-refractivity contribution >= 4 is 11.6 Å². The van der Waals surface area contributed by atoms with Gasteiger partial charge < -0.3 is 4.74 Å². The average Bonchev–Trinajstić information content (AvgIpc) is 2.74. The molecule has 1 aromatic rings. The Balaban J connectivity index is 1.81. The topological polar surface area (TPSA) is 9.23 Å². The fourth-order valence-electron chi connectivity index (χ4n) is 2.55. The number of unbranched alkanes of at least 4 members (excludes halogenated alkanes) is 1. The molecule has 94 valence electrons. The van der Waals surface area contributed by atoms with E-state index in [1.165, 1.54) is 31.2 Å². The van der Waals surface area contributed by atoms with Gasteiger partial charge in [0.05, 0.1) is 12.7 Å². The Morgan fingerprint density at radius 3 is 3.06 bits per heavy atom. The van der Waals surface area contributed by atoms with Crippen molar-refractivity contribution in [3.05, 3.63) is 34.9 Å². The van der Waals surface area contributed by atoms with Crippen LogP contribution in [-0.2, 0) is 11.2 Å². The predicted molar refractivity (Wildman–Crippen MR) is 72.5 cm³/mol. The Morgan fingerprint density at radius 2 is 2.29 bits per heavy atom. The van der Waals surface area contributed by atoms with Crippen molar-refractivity contribution in [2.24, 2.45) is 5.92 Å². The molecule has 2 unspecified atom stereocenters. The average molecular weight is 253 g/mol. The Morgan fingerprint density at radius 1 is 1.41 bits per heavy atom. The molecule has 0 amide bonds. The van der Waals surface area contributed by atoms with Gasteiger partial charge >= 0.3 is 0 Å². The minimum absolute atomic E-state index is 0.499. The first kappa shape index (κ1) is 12.9. The molecule has 0 radical (unpaired) electrons. The van der Waals surface area contributed by atoms with E-state index >= 15 is 0 Å². The molecule has 2 heteroatoms. The van der Waals surface area contributed by atoms with Gasteiger partial charge in [-0.05, 0) is 42.9 Å². The van der Waals surface area contributed by atoms with E-state index in [4.69, 9.17) is 16.3 Å². The molecule has 1 aliphatic heterocycles. The van der Waals surface area contributed by atoms with Crippen molar-refractivity contribution in [3.63, 3.8) is 0 Å². The maximum atomic E-state index is 6.00. The van der Waals surface area contributed by atoms with Crippen molar-refractivity contribution in [1.82, 2.24) is 0 Å². The molecule has 0 aromatic heterocycles. The van der Waals surface area contributed by atoms with Crippen molar-refractivity contribution in [1.29, 1.82) is 0 Å². The standard InChI is InChI=1S/C15H21ClO/c1-2-3-7-15-10-13(11-17-15)8-12-5-4-6-14(16)9-12/h4-6,9,13,15H,2-3,7-8,10-11H2,1H3. The zero-order chi connectivity index (χ0) is 12.1. The Kier molecular flexibility index (Phi) is 4.87. The van der Waals surface area contributed by atoms with Crippen LogP contribution in [0.1, 0.15) is 38.2 Å². The van der Waals surface area contributed by atoms with Gasteiger partial charge in [0, 0.05) is 5.02 Å². The molecule has 1 nitrogen and oxygen atoms in total. The van der Waals surface area contributed by atoms with Gasteiger partial charge in [0.25, 0.3) is 0 Å². The van der Waals surface area contributed by atoms with Crippen molar-refractivity contribution in [2.45, 2.75) is 45.1 Å². The quantitative estimate of drug-likeness (QED) is 0.751. The number of hydrogen-bond acceptors (Lipinski definition) is 1. The minimum Gasteiger partial charge on any atom is -0.378 e. The van der Waals surface area contributed by atoms with E-state index in [0.717, 1.165) is 18.1 Å². The molecule has 0 saturated carbocycles. The summed E-state index contributed by atoms with van der Waals surface area (Å²) in [4.78, 5) is 0. The third-order valence-electron chi connectivity index (χ3n) is 3.46. The van der Waals surface area contributed by atoms with Crippen LogP contribution < -0.4 is 0 Å². The molecule has 17 heavy (non-hydrogen) atoms. The lowest BCUT2D eigenvalue weighted by Gasteiger charge is -2.09. The van der Waals surface area contributed by atoms with Crippen molar-refractivity contribution in [2.75, 3.05) is 6.61 Å². The van der Waals surface area contributed by atoms with Crippen LogP contribution in [0.15, 0.2) is 24.3 Å². The third kappa shape index (κ3) is 4.01. The molecule has 0 aliphatic carbocycles. The second kappa shape index (κ2) is 6.42. The van der Waals surface area contributed by atoms with Crippen LogP contribution in [0.3, 0.4) is 0 Å². The zero-order valence-electron chi connectivity index (χ0n) is 10.5. The lowest BCUT2D eigenvalue weighted by Crippen LogP contribution is -2.05. The molecular formula is C15H21ClO. The van der Waals surface area contributed by atoms with Gasteiger partial charge in [-0.15, -0.1) is 0 Å². The van der Waals surface area contributed by atoms with E-state index in [1.54, 1.807) is 0 Å². The van der Waals surface area contributed by atoms with Crippen LogP contribution in [0, 0.1) is 5.92 Å². The summed E-state index contributed by atoms with van der Waals surface area (Å²) in [6.45, 7) is 3.15. The number of rotatable bonds is 5. The van der Waals surface area contributed by atoms with Crippen LogP contribution in [0.25, 0.3) is 0 Å². The third-order valence-corrected chi connectivity index (χ3v) is 3.69. The Hall–Kier alpha value is -0.530. The van der Waals surface area contributed by atoms with Gasteiger partial charge in [-0.3, -0.25) is 0 Å². The van der Waals surface area contributed by atoms with E-state index in [2.05, 4.69) is 19.1 Å². The van der Waals surface area contributed by atoms with Crippen LogP contribution in [-0.4, -0.2) is 12.7 Å². The molecule has 0 N–H and O–H groups in total. The Labute approximate surface area is 109 Å². The zero-order valence-corrected chi connectivity index (χ0v) is 11.2. The lowest BCUT2D eigenvalue weighted by molar-refractivity contribution is 0.0983. The van der Waals surface area contributed by atoms with Gasteiger partial charge in [-0.25, -0.2) is 0 Å². The highest BCUT2D eigenvalue weighted by Crippen LogP contribution is 2.27. The van der Waals surface area contributed by atoms with Gasteiger partial charge in [0.15, 0.2) is 0 Å². The maximum absolute atomic E-state index is 6.00. The van der Waals surface area contributed by atoms with E-state index < -0.39 is 0 Å². The first-order chi connectivity index (χ1) is 8.28. The molecule has 1 fully saturated rings. The monoisotopic (exact) mass is 252 g/mol. The SMILES string of the molecule is CCCCC1CC(Cc2cccc(Cl)c2)CO1. The molecule has 2 atom stereocenters. The van der Waals surface area contributed by atoms with Crippen LogP contribution in [0.2, 0.25) is 5.02 Å². The fraction of sp³-hybridized carbons (Fsp3) is 0.600. The maximum Gasteiger partial charge on any atom is 0.0578 e. The van der Waals surface area contributed by atoms with Crippen LogP contribution in [0.5, 0.6) is 0 Å². The summed E-state index contributed by atoms with van der Waals surface area (Å²) in [5, 5.41) is 0.837. The highest BCUT2D eigenvalue weighted by atomic mass is 35.5. The minimum atomic E-state index is 0.499. The van der Waals surface area contributed by atoms with Crippen molar-refractivity contribution < 1.29 is 4.74 Å². The Bertz CT molecular complexity index is 351. The second-order valence-corrected chi connectivity index (χ2v) is 5.47. The van der Waals surface area contributed by atoms with E-state index in [1.807, 2.05) is 12.1 Å². The number of hydrogen-bond donors (Lipinski definition) is 0. The summed E-state index contributed by atoms with van der Waals surface area (Å²) in [7, 11) is 0. The van der Waals surface area contributed by atoms with Gasteiger partial charge in [-0.1, -0.05) is 43.5 Å². The normalized spacial score (nSPS) is 24.1. The summed E-state index contributed by atoms with van der Waals surface area (Å²) in [6, 6.07) is 8.19.